The molecule has 0 N–H and O–H groups in total. The van der Waals surface area contributed by atoms with Crippen molar-refractivity contribution in [1.29, 1.82) is 0 Å². The first-order chi connectivity index (χ1) is 15.0. The Morgan fingerprint density at radius 2 is 1.61 bits per heavy atom. The number of esters is 1. The number of carbonyl (C=O) groups is 1. The Balaban J connectivity index is 1.67. The summed E-state index contributed by atoms with van der Waals surface area (Å²) in [5.74, 6) is 0.288. The fraction of sp³-hybridized carbons (Fsp3) is 0.0833. The Kier molecular flexibility index (Phi) is 5.91. The Morgan fingerprint density at radius 3 is 2.32 bits per heavy atom. The average molecular weight is 437 g/mol. The third-order valence-electron chi connectivity index (χ3n) is 4.49. The molecule has 0 aliphatic rings. The van der Waals surface area contributed by atoms with Gasteiger partial charge in [-0.1, -0.05) is 23.7 Å². The second-order valence-electron chi connectivity index (χ2n) is 6.53. The summed E-state index contributed by atoms with van der Waals surface area (Å²) in [6, 6.07) is 20.2. The zero-order valence-corrected chi connectivity index (χ0v) is 17.2. The standard InChI is InChI=1S/C24H17ClO6/c1-28-17-10-6-15(7-11-17)23-24(22(27)19-4-2-3-5-20(19)30-23)31-21(26)14-29-18-12-8-16(25)9-13-18/h2-13H,14H2,1H3. The van der Waals surface area contributed by atoms with Crippen LogP contribution in [0.2, 0.25) is 5.02 Å². The molecule has 0 unspecified atom stereocenters. The van der Waals surface area contributed by atoms with E-state index in [-0.39, 0.29) is 11.5 Å². The van der Waals surface area contributed by atoms with Crippen molar-refractivity contribution in [2.75, 3.05) is 13.7 Å². The van der Waals surface area contributed by atoms with Crippen molar-refractivity contribution in [3.05, 3.63) is 88.0 Å². The van der Waals surface area contributed by atoms with Crippen LogP contribution < -0.4 is 19.6 Å². The normalized spacial score (nSPS) is 10.6. The first-order valence-electron chi connectivity index (χ1n) is 9.34. The van der Waals surface area contributed by atoms with Gasteiger partial charge in [0.15, 0.2) is 12.4 Å². The third-order valence-corrected chi connectivity index (χ3v) is 4.75. The summed E-state index contributed by atoms with van der Waals surface area (Å²) < 4.78 is 21.9. The van der Waals surface area contributed by atoms with Gasteiger partial charge >= 0.3 is 5.97 Å². The number of halogens is 1. The molecule has 0 aliphatic heterocycles. The third kappa shape index (κ3) is 4.54. The molecule has 1 aromatic heterocycles. The molecule has 1 heterocycles. The minimum atomic E-state index is -0.743. The van der Waals surface area contributed by atoms with E-state index < -0.39 is 18.0 Å². The summed E-state index contributed by atoms with van der Waals surface area (Å²) >= 11 is 5.84. The summed E-state index contributed by atoms with van der Waals surface area (Å²) in [4.78, 5) is 25.5. The highest BCUT2D eigenvalue weighted by molar-refractivity contribution is 6.30. The highest BCUT2D eigenvalue weighted by atomic mass is 35.5. The Morgan fingerprint density at radius 1 is 0.935 bits per heavy atom. The summed E-state index contributed by atoms with van der Waals surface area (Å²) in [6.45, 7) is -0.393. The lowest BCUT2D eigenvalue weighted by Crippen LogP contribution is -2.21. The van der Waals surface area contributed by atoms with Crippen LogP contribution in [0.15, 0.2) is 82.0 Å². The van der Waals surface area contributed by atoms with E-state index in [0.29, 0.717) is 33.1 Å². The molecule has 156 valence electrons. The van der Waals surface area contributed by atoms with Crippen molar-refractivity contribution < 1.29 is 23.4 Å². The maximum absolute atomic E-state index is 13.1. The van der Waals surface area contributed by atoms with Crippen molar-refractivity contribution in [1.82, 2.24) is 0 Å². The van der Waals surface area contributed by atoms with Gasteiger partial charge < -0.3 is 18.6 Å². The molecule has 4 rings (SSSR count). The molecule has 0 saturated carbocycles. The van der Waals surface area contributed by atoms with E-state index in [1.165, 1.54) is 0 Å². The molecule has 3 aromatic carbocycles. The number of benzene rings is 3. The molecule has 31 heavy (non-hydrogen) atoms. The van der Waals surface area contributed by atoms with Gasteiger partial charge in [0.2, 0.25) is 11.2 Å². The second-order valence-corrected chi connectivity index (χ2v) is 6.97. The van der Waals surface area contributed by atoms with Gasteiger partial charge in [0.25, 0.3) is 0 Å². The molecule has 0 saturated heterocycles. The molecule has 4 aromatic rings. The van der Waals surface area contributed by atoms with Crippen molar-refractivity contribution in [3.63, 3.8) is 0 Å². The van der Waals surface area contributed by atoms with Crippen molar-refractivity contribution in [2.24, 2.45) is 0 Å². The molecule has 0 atom stereocenters. The minimum Gasteiger partial charge on any atom is -0.497 e. The van der Waals surface area contributed by atoms with E-state index in [4.69, 9.17) is 30.2 Å². The van der Waals surface area contributed by atoms with Gasteiger partial charge in [0, 0.05) is 10.6 Å². The van der Waals surface area contributed by atoms with Gasteiger partial charge in [0.05, 0.1) is 12.5 Å². The number of methoxy groups -OCH3 is 1. The maximum Gasteiger partial charge on any atom is 0.349 e. The number of rotatable bonds is 6. The van der Waals surface area contributed by atoms with Gasteiger partial charge in [-0.15, -0.1) is 0 Å². The van der Waals surface area contributed by atoms with Gasteiger partial charge in [-0.3, -0.25) is 4.79 Å². The average Bonchev–Trinajstić information content (AvgIpc) is 2.80. The first kappa shape index (κ1) is 20.5. The van der Waals surface area contributed by atoms with Crippen molar-refractivity contribution in [3.8, 4) is 28.6 Å². The quantitative estimate of drug-likeness (QED) is 0.391. The van der Waals surface area contributed by atoms with Crippen LogP contribution in [0, 0.1) is 0 Å². The van der Waals surface area contributed by atoms with E-state index in [9.17, 15) is 9.59 Å². The SMILES string of the molecule is COc1ccc(-c2oc3ccccc3c(=O)c2OC(=O)COc2ccc(Cl)cc2)cc1. The van der Waals surface area contributed by atoms with E-state index in [0.717, 1.165) is 0 Å². The van der Waals surface area contributed by atoms with E-state index in [2.05, 4.69) is 0 Å². The highest BCUT2D eigenvalue weighted by Gasteiger charge is 2.21. The lowest BCUT2D eigenvalue weighted by atomic mass is 10.1. The molecule has 0 radical (unpaired) electrons. The van der Waals surface area contributed by atoms with E-state index >= 15 is 0 Å². The van der Waals surface area contributed by atoms with Crippen LogP contribution in [0.25, 0.3) is 22.3 Å². The molecule has 0 bridgehead atoms. The largest absolute Gasteiger partial charge is 0.497 e. The van der Waals surface area contributed by atoms with Crippen LogP contribution in [0.5, 0.6) is 17.2 Å². The molecule has 0 amide bonds. The number of carbonyl (C=O) groups excluding carboxylic acids is 1. The molecule has 0 spiro atoms. The number of ether oxygens (including phenoxy) is 3. The predicted octanol–water partition coefficient (Wildman–Crippen LogP) is 5.11. The summed E-state index contributed by atoms with van der Waals surface area (Å²) in [6.07, 6.45) is 0. The number of hydrogen-bond acceptors (Lipinski definition) is 6. The first-order valence-corrected chi connectivity index (χ1v) is 9.72. The minimum absolute atomic E-state index is 0.145. The highest BCUT2D eigenvalue weighted by Crippen LogP contribution is 2.32. The van der Waals surface area contributed by atoms with Crippen molar-refractivity contribution >= 4 is 28.5 Å². The molecular weight excluding hydrogens is 420 g/mol. The Bertz CT molecular complexity index is 1280. The predicted molar refractivity (Wildman–Crippen MR) is 117 cm³/mol. The molecule has 7 heteroatoms. The van der Waals surface area contributed by atoms with Crippen molar-refractivity contribution in [2.45, 2.75) is 0 Å². The van der Waals surface area contributed by atoms with Crippen LogP contribution in [0.3, 0.4) is 0 Å². The van der Waals surface area contributed by atoms with Crippen LogP contribution in [0.1, 0.15) is 0 Å². The molecular formula is C24H17ClO6. The molecule has 0 aliphatic carbocycles. The van der Waals surface area contributed by atoms with Gasteiger partial charge in [-0.25, -0.2) is 4.79 Å². The fourth-order valence-electron chi connectivity index (χ4n) is 2.97. The zero-order chi connectivity index (χ0) is 21.8. The van der Waals surface area contributed by atoms with Crippen LogP contribution in [-0.2, 0) is 4.79 Å². The Hall–Kier alpha value is -3.77. The smallest absolute Gasteiger partial charge is 0.349 e. The molecule has 0 fully saturated rings. The number of hydrogen-bond donors (Lipinski definition) is 0. The number of fused-ring (bicyclic) bond motifs is 1. The monoisotopic (exact) mass is 436 g/mol. The van der Waals surface area contributed by atoms with Crippen LogP contribution in [0.4, 0.5) is 0 Å². The molecule has 6 nitrogen and oxygen atoms in total. The van der Waals surface area contributed by atoms with Gasteiger partial charge in [0.1, 0.15) is 17.1 Å². The topological polar surface area (TPSA) is 75.0 Å². The maximum atomic E-state index is 13.1. The Labute approximate surface area is 182 Å². The van der Waals surface area contributed by atoms with Gasteiger partial charge in [-0.2, -0.15) is 0 Å². The number of para-hydroxylation sites is 1. The summed E-state index contributed by atoms with van der Waals surface area (Å²) in [5.41, 5.74) is 0.494. The second kappa shape index (κ2) is 8.93. The van der Waals surface area contributed by atoms with E-state index in [1.54, 1.807) is 79.9 Å². The van der Waals surface area contributed by atoms with Crippen LogP contribution in [-0.4, -0.2) is 19.7 Å². The lowest BCUT2D eigenvalue weighted by molar-refractivity contribution is -0.136. The zero-order valence-electron chi connectivity index (χ0n) is 16.5. The summed E-state index contributed by atoms with van der Waals surface area (Å²) in [7, 11) is 1.55. The van der Waals surface area contributed by atoms with Gasteiger partial charge in [-0.05, 0) is 60.7 Å². The van der Waals surface area contributed by atoms with Crippen LogP contribution >= 0.6 is 11.6 Å². The fourth-order valence-corrected chi connectivity index (χ4v) is 3.09. The summed E-state index contributed by atoms with van der Waals surface area (Å²) in [5, 5.41) is 0.856. The lowest BCUT2D eigenvalue weighted by Gasteiger charge is -2.11. The van der Waals surface area contributed by atoms with E-state index in [1.807, 2.05) is 0 Å².